The molecule has 0 aliphatic carbocycles. The maximum Gasteiger partial charge on any atom is 0.358 e. The van der Waals surface area contributed by atoms with Crippen LogP contribution in [0.2, 0.25) is 0 Å². The predicted octanol–water partition coefficient (Wildman–Crippen LogP) is 3.15. The molecule has 0 spiro atoms. The quantitative estimate of drug-likeness (QED) is 0.616. The van der Waals surface area contributed by atoms with Gasteiger partial charge in [0, 0.05) is 10.9 Å². The van der Waals surface area contributed by atoms with Gasteiger partial charge in [0.05, 0.1) is 5.56 Å². The van der Waals surface area contributed by atoms with E-state index in [9.17, 15) is 14.4 Å². The van der Waals surface area contributed by atoms with Crippen LogP contribution in [-0.4, -0.2) is 28.9 Å². The van der Waals surface area contributed by atoms with Crippen LogP contribution in [0.5, 0.6) is 0 Å². The number of nitrogens with two attached hydrogens (primary N) is 1. The zero-order valence-electron chi connectivity index (χ0n) is 14.2. The van der Waals surface area contributed by atoms with E-state index in [1.54, 1.807) is 10.8 Å². The summed E-state index contributed by atoms with van der Waals surface area (Å²) in [6.45, 7) is 1.44. The van der Waals surface area contributed by atoms with Gasteiger partial charge in [-0.3, -0.25) is 9.59 Å². The number of esters is 1. The first-order valence-corrected chi connectivity index (χ1v) is 9.61. The summed E-state index contributed by atoms with van der Waals surface area (Å²) < 4.78 is 5.18. The van der Waals surface area contributed by atoms with Crippen LogP contribution in [0, 0.1) is 0 Å². The second-order valence-electron chi connectivity index (χ2n) is 5.47. The summed E-state index contributed by atoms with van der Waals surface area (Å²) in [6.07, 6.45) is -1.07. The third-order valence-corrected chi connectivity index (χ3v) is 5.28. The Hall–Kier alpha value is -3.04. The number of benzene rings is 1. The van der Waals surface area contributed by atoms with Crippen LogP contribution in [0.3, 0.4) is 0 Å². The normalized spacial score (nSPS) is 11.6. The van der Waals surface area contributed by atoms with E-state index in [0.29, 0.717) is 10.0 Å². The first kappa shape index (κ1) is 18.7. The lowest BCUT2D eigenvalue weighted by atomic mass is 10.2. The molecular weight excluding hydrogens is 386 g/mol. The van der Waals surface area contributed by atoms with Crippen molar-refractivity contribution in [2.24, 2.45) is 5.73 Å². The van der Waals surface area contributed by atoms with Crippen molar-refractivity contribution in [1.82, 2.24) is 4.98 Å². The summed E-state index contributed by atoms with van der Waals surface area (Å²) in [4.78, 5) is 40.0. The number of carbonyl (C=O) groups excluding carboxylic acids is 3. The number of carbonyl (C=O) groups is 3. The summed E-state index contributed by atoms with van der Waals surface area (Å²) in [5.74, 6) is -1.91. The molecule has 3 aromatic rings. The zero-order chi connectivity index (χ0) is 19.4. The topological polar surface area (TPSA) is 111 Å². The van der Waals surface area contributed by atoms with Crippen molar-refractivity contribution in [3.63, 3.8) is 0 Å². The molecule has 2 heterocycles. The van der Waals surface area contributed by atoms with Gasteiger partial charge in [0.25, 0.3) is 11.8 Å². The second kappa shape index (κ2) is 8.11. The van der Waals surface area contributed by atoms with Crippen molar-refractivity contribution < 1.29 is 19.1 Å². The van der Waals surface area contributed by atoms with E-state index in [1.807, 2.05) is 30.3 Å². The maximum absolute atomic E-state index is 12.3. The molecule has 2 amide bonds. The molecule has 2 aromatic heterocycles. The zero-order valence-corrected chi connectivity index (χ0v) is 15.8. The molecule has 138 valence electrons. The van der Waals surface area contributed by atoms with Crippen LogP contribution in [0.1, 0.15) is 27.8 Å². The molecule has 0 unspecified atom stereocenters. The molecule has 3 rings (SSSR count). The van der Waals surface area contributed by atoms with E-state index in [-0.39, 0.29) is 11.3 Å². The summed E-state index contributed by atoms with van der Waals surface area (Å²) in [5.41, 5.74) is 6.47. The summed E-state index contributed by atoms with van der Waals surface area (Å²) in [5, 5.41) is 6.76. The number of aromatic nitrogens is 1. The van der Waals surface area contributed by atoms with Gasteiger partial charge < -0.3 is 15.8 Å². The number of ether oxygens (including phenoxy) is 1. The van der Waals surface area contributed by atoms with Crippen molar-refractivity contribution in [2.75, 3.05) is 5.32 Å². The molecule has 9 heteroatoms. The highest BCUT2D eigenvalue weighted by molar-refractivity contribution is 7.14. The van der Waals surface area contributed by atoms with Crippen molar-refractivity contribution in [3.8, 4) is 10.6 Å². The Morgan fingerprint density at radius 2 is 1.89 bits per heavy atom. The van der Waals surface area contributed by atoms with Gasteiger partial charge in [-0.15, -0.1) is 22.7 Å². The number of primary amides is 1. The number of amides is 2. The molecule has 0 radical (unpaired) electrons. The lowest BCUT2D eigenvalue weighted by molar-refractivity contribution is -0.123. The summed E-state index contributed by atoms with van der Waals surface area (Å²) in [7, 11) is 0. The predicted molar refractivity (Wildman–Crippen MR) is 104 cm³/mol. The average Bonchev–Trinajstić information content (AvgIpc) is 3.32. The van der Waals surface area contributed by atoms with E-state index in [1.165, 1.54) is 24.3 Å². The Morgan fingerprint density at radius 1 is 1.15 bits per heavy atom. The first-order valence-electron chi connectivity index (χ1n) is 7.86. The van der Waals surface area contributed by atoms with Gasteiger partial charge in [-0.2, -0.15) is 0 Å². The second-order valence-corrected chi connectivity index (χ2v) is 7.24. The Bertz CT molecular complexity index is 981. The van der Waals surface area contributed by atoms with Crippen molar-refractivity contribution in [2.45, 2.75) is 13.0 Å². The number of rotatable bonds is 6. The number of thiophene rings is 1. The molecular formula is C18H15N3O4S2. The van der Waals surface area contributed by atoms with E-state index in [0.717, 1.165) is 16.9 Å². The van der Waals surface area contributed by atoms with Gasteiger partial charge >= 0.3 is 5.97 Å². The van der Waals surface area contributed by atoms with Gasteiger partial charge in [-0.25, -0.2) is 9.78 Å². The van der Waals surface area contributed by atoms with E-state index < -0.39 is 23.9 Å². The third-order valence-electron chi connectivity index (χ3n) is 3.55. The highest BCUT2D eigenvalue weighted by atomic mass is 32.1. The Morgan fingerprint density at radius 3 is 2.59 bits per heavy atom. The Kier molecular flexibility index (Phi) is 5.63. The molecule has 1 aromatic carbocycles. The number of anilines is 1. The van der Waals surface area contributed by atoms with E-state index in [4.69, 9.17) is 10.5 Å². The maximum atomic E-state index is 12.3. The Labute approximate surface area is 162 Å². The SMILES string of the molecule is C[C@@H](OC(=O)c1csc(-c2ccccc2)n1)C(=O)Nc1sccc1C(N)=O. The third kappa shape index (κ3) is 4.39. The molecule has 0 aliphatic rings. The molecule has 0 fully saturated rings. The molecule has 0 bridgehead atoms. The van der Waals surface area contributed by atoms with E-state index >= 15 is 0 Å². The smallest absolute Gasteiger partial charge is 0.358 e. The van der Waals surface area contributed by atoms with Crippen LogP contribution < -0.4 is 11.1 Å². The lowest BCUT2D eigenvalue weighted by Crippen LogP contribution is -2.30. The lowest BCUT2D eigenvalue weighted by Gasteiger charge is -2.12. The first-order chi connectivity index (χ1) is 13.0. The van der Waals surface area contributed by atoms with Gasteiger partial charge in [0.1, 0.15) is 10.0 Å². The average molecular weight is 401 g/mol. The molecule has 1 atom stereocenters. The summed E-state index contributed by atoms with van der Waals surface area (Å²) in [6, 6.07) is 10.9. The van der Waals surface area contributed by atoms with Gasteiger partial charge in [0.15, 0.2) is 11.8 Å². The van der Waals surface area contributed by atoms with Crippen LogP contribution in [-0.2, 0) is 9.53 Å². The van der Waals surface area contributed by atoms with Crippen molar-refractivity contribution in [1.29, 1.82) is 0 Å². The molecule has 27 heavy (non-hydrogen) atoms. The monoisotopic (exact) mass is 401 g/mol. The number of nitrogens with one attached hydrogen (secondary N) is 1. The van der Waals surface area contributed by atoms with E-state index in [2.05, 4.69) is 10.3 Å². The fourth-order valence-corrected chi connectivity index (χ4v) is 3.76. The van der Waals surface area contributed by atoms with Gasteiger partial charge in [0.2, 0.25) is 0 Å². The number of nitrogens with zero attached hydrogens (tertiary/aromatic N) is 1. The fourth-order valence-electron chi connectivity index (χ4n) is 2.17. The minimum atomic E-state index is -1.07. The largest absolute Gasteiger partial charge is 0.448 e. The van der Waals surface area contributed by atoms with Crippen LogP contribution >= 0.6 is 22.7 Å². The van der Waals surface area contributed by atoms with Gasteiger partial charge in [-0.05, 0) is 18.4 Å². The molecule has 0 saturated carbocycles. The van der Waals surface area contributed by atoms with Gasteiger partial charge in [-0.1, -0.05) is 30.3 Å². The van der Waals surface area contributed by atoms with Crippen LogP contribution in [0.25, 0.3) is 10.6 Å². The van der Waals surface area contributed by atoms with Crippen molar-refractivity contribution in [3.05, 3.63) is 58.4 Å². The summed E-state index contributed by atoms with van der Waals surface area (Å²) >= 11 is 2.47. The van der Waals surface area contributed by atoms with Crippen molar-refractivity contribution >= 4 is 45.5 Å². The highest BCUT2D eigenvalue weighted by Crippen LogP contribution is 2.25. The number of thiazole rings is 1. The minimum absolute atomic E-state index is 0.132. The fraction of sp³-hybridized carbons (Fsp3) is 0.111. The molecule has 3 N–H and O–H groups in total. The van der Waals surface area contributed by atoms with Crippen LogP contribution in [0.4, 0.5) is 5.00 Å². The molecule has 0 aliphatic heterocycles. The number of hydrogen-bond acceptors (Lipinski definition) is 7. The molecule has 0 saturated heterocycles. The van der Waals surface area contributed by atoms with Crippen LogP contribution in [0.15, 0.2) is 47.2 Å². The Balaban J connectivity index is 1.63. The standard InChI is InChI=1S/C18H15N3O4S2/c1-10(15(23)21-17-12(14(19)22)7-8-26-17)25-18(24)13-9-27-16(20-13)11-5-3-2-4-6-11/h2-10H,1H3,(H2,19,22)(H,21,23)/t10-/m1/s1. The highest BCUT2D eigenvalue weighted by Gasteiger charge is 2.22. The molecule has 7 nitrogen and oxygen atoms in total. The minimum Gasteiger partial charge on any atom is -0.448 e. The number of hydrogen-bond donors (Lipinski definition) is 2.